The van der Waals surface area contributed by atoms with Gasteiger partial charge in [0.25, 0.3) is 0 Å². The Morgan fingerprint density at radius 3 is 2.79 bits per heavy atom. The number of carbonyl (C=O) groups is 1. The molecule has 0 radical (unpaired) electrons. The smallest absolute Gasteiger partial charge is 0.240 e. The van der Waals surface area contributed by atoms with Gasteiger partial charge >= 0.3 is 0 Å². The first-order valence-electron chi connectivity index (χ1n) is 10.7. The van der Waals surface area contributed by atoms with Crippen LogP contribution >= 0.6 is 11.6 Å². The van der Waals surface area contributed by atoms with Crippen LogP contribution < -0.4 is 10.6 Å². The summed E-state index contributed by atoms with van der Waals surface area (Å²) >= 11 is 6.01. The van der Waals surface area contributed by atoms with Gasteiger partial charge in [-0.25, -0.2) is 18.7 Å². The second kappa shape index (κ2) is 8.23. The number of aromatic amines is 1. The lowest BCUT2D eigenvalue weighted by molar-refractivity contribution is -0.125. The van der Waals surface area contributed by atoms with E-state index in [1.165, 1.54) is 6.20 Å². The van der Waals surface area contributed by atoms with Crippen LogP contribution in [0.3, 0.4) is 0 Å². The number of H-pyrrole nitrogens is 1. The zero-order chi connectivity index (χ0) is 23.2. The second-order valence-electron chi connectivity index (χ2n) is 8.64. The zero-order valence-corrected chi connectivity index (χ0v) is 18.2. The molecule has 33 heavy (non-hydrogen) atoms. The summed E-state index contributed by atoms with van der Waals surface area (Å²) < 4.78 is 29.2. The van der Waals surface area contributed by atoms with Crippen molar-refractivity contribution in [3.8, 4) is 17.5 Å². The van der Waals surface area contributed by atoms with Crippen LogP contribution in [0.1, 0.15) is 38.5 Å². The van der Waals surface area contributed by atoms with E-state index in [1.54, 1.807) is 6.07 Å². The summed E-state index contributed by atoms with van der Waals surface area (Å²) in [5.41, 5.74) is -0.396. The van der Waals surface area contributed by atoms with Gasteiger partial charge in [-0.15, -0.1) is 0 Å². The maximum absolute atomic E-state index is 14.7. The number of carbonyl (C=O) groups excluding carboxylic acids is 1. The van der Waals surface area contributed by atoms with Crippen LogP contribution in [-0.4, -0.2) is 38.2 Å². The number of nitriles is 1. The molecule has 0 saturated heterocycles. The fourth-order valence-corrected chi connectivity index (χ4v) is 4.44. The highest BCUT2D eigenvalue weighted by atomic mass is 35.5. The van der Waals surface area contributed by atoms with Crippen LogP contribution in [0, 0.1) is 28.4 Å². The lowest BCUT2D eigenvalue weighted by Crippen LogP contribution is -2.44. The Kier molecular flexibility index (Phi) is 5.37. The molecule has 2 fully saturated rings. The fourth-order valence-electron chi connectivity index (χ4n) is 4.28. The molecule has 5 rings (SSSR count). The zero-order valence-electron chi connectivity index (χ0n) is 17.5. The average molecular weight is 472 g/mol. The van der Waals surface area contributed by atoms with Crippen molar-refractivity contribution in [2.45, 2.75) is 50.6 Å². The number of pyridine rings is 2. The SMILES string of the molecule is N#CC1(C(=O)N[C@@H]2CCC[C@H](Nc3nc(-c4[nH]nc5ncc(Cl)cc45)c(F)cc3F)C2)CC1. The van der Waals surface area contributed by atoms with Gasteiger partial charge in [0.2, 0.25) is 5.91 Å². The van der Waals surface area contributed by atoms with Gasteiger partial charge in [-0.05, 0) is 44.6 Å². The Balaban J connectivity index is 1.36. The minimum Gasteiger partial charge on any atom is -0.365 e. The Labute approximate surface area is 192 Å². The Morgan fingerprint density at radius 2 is 2.03 bits per heavy atom. The van der Waals surface area contributed by atoms with Crippen LogP contribution in [0.25, 0.3) is 22.4 Å². The van der Waals surface area contributed by atoms with Crippen LogP contribution in [0.4, 0.5) is 14.6 Å². The first-order valence-corrected chi connectivity index (χ1v) is 11.1. The molecule has 2 atom stereocenters. The van der Waals surface area contributed by atoms with Crippen LogP contribution in [0.2, 0.25) is 5.02 Å². The molecule has 8 nitrogen and oxygen atoms in total. The van der Waals surface area contributed by atoms with Crippen LogP contribution in [-0.2, 0) is 4.79 Å². The minimum absolute atomic E-state index is 0.0863. The highest BCUT2D eigenvalue weighted by Gasteiger charge is 2.51. The van der Waals surface area contributed by atoms with E-state index >= 15 is 0 Å². The van der Waals surface area contributed by atoms with Gasteiger partial charge in [0.15, 0.2) is 23.1 Å². The molecule has 3 heterocycles. The molecule has 0 spiro atoms. The Hall–Kier alpha value is -3.32. The lowest BCUT2D eigenvalue weighted by Gasteiger charge is -2.31. The van der Waals surface area contributed by atoms with Crippen molar-refractivity contribution in [3.05, 3.63) is 35.0 Å². The number of aromatic nitrogens is 4. The molecule has 0 aromatic carbocycles. The van der Waals surface area contributed by atoms with Crippen molar-refractivity contribution >= 4 is 34.4 Å². The van der Waals surface area contributed by atoms with Crippen LogP contribution in [0.5, 0.6) is 0 Å². The van der Waals surface area contributed by atoms with Gasteiger partial charge in [0.05, 0.1) is 16.8 Å². The molecule has 3 N–H and O–H groups in total. The molecule has 3 aromatic rings. The monoisotopic (exact) mass is 471 g/mol. The molecule has 1 amide bonds. The highest BCUT2D eigenvalue weighted by molar-refractivity contribution is 6.31. The van der Waals surface area contributed by atoms with E-state index in [9.17, 15) is 18.8 Å². The van der Waals surface area contributed by atoms with E-state index in [4.69, 9.17) is 11.6 Å². The molecule has 2 saturated carbocycles. The van der Waals surface area contributed by atoms with Crippen molar-refractivity contribution < 1.29 is 13.6 Å². The maximum Gasteiger partial charge on any atom is 0.240 e. The molecule has 0 bridgehead atoms. The van der Waals surface area contributed by atoms with Crippen molar-refractivity contribution in [3.63, 3.8) is 0 Å². The highest BCUT2D eigenvalue weighted by Crippen LogP contribution is 2.45. The predicted octanol–water partition coefficient (Wildman–Crippen LogP) is 4.09. The summed E-state index contributed by atoms with van der Waals surface area (Å²) in [6.45, 7) is 0. The first kappa shape index (κ1) is 21.5. The third-order valence-electron chi connectivity index (χ3n) is 6.29. The molecular formula is C22H20ClF2N7O. The van der Waals surface area contributed by atoms with Gasteiger partial charge in [-0.1, -0.05) is 11.6 Å². The second-order valence-corrected chi connectivity index (χ2v) is 9.08. The molecular weight excluding hydrogens is 452 g/mol. The number of amides is 1. The number of nitrogens with one attached hydrogen (secondary N) is 3. The lowest BCUT2D eigenvalue weighted by atomic mass is 9.90. The average Bonchev–Trinajstić information content (AvgIpc) is 3.50. The standard InChI is InChI=1S/C22H20ClF2N7O/c23-11-6-14-17(31-32-19(14)27-9-11)18-15(24)8-16(25)20(30-18)28-12-2-1-3-13(7-12)29-21(33)22(10-26)4-5-22/h6,8-9,12-13H,1-5,7H2,(H,28,30)(H,29,33)(H,27,31,32)/t12-,13+/m0/s1. The van der Waals surface area contributed by atoms with Crippen molar-refractivity contribution in [2.75, 3.05) is 5.32 Å². The predicted molar refractivity (Wildman–Crippen MR) is 117 cm³/mol. The number of halogens is 3. The summed E-state index contributed by atoms with van der Waals surface area (Å²) in [7, 11) is 0. The number of hydrogen-bond acceptors (Lipinski definition) is 6. The van der Waals surface area contributed by atoms with Gasteiger partial charge < -0.3 is 10.6 Å². The molecule has 2 aliphatic rings. The third kappa shape index (κ3) is 4.09. The first-order chi connectivity index (χ1) is 15.9. The summed E-state index contributed by atoms with van der Waals surface area (Å²) in [6.07, 6.45) is 5.48. The van der Waals surface area contributed by atoms with E-state index in [2.05, 4.69) is 36.9 Å². The van der Waals surface area contributed by atoms with Gasteiger partial charge in [0.1, 0.15) is 11.1 Å². The van der Waals surface area contributed by atoms with Crippen LogP contribution in [0.15, 0.2) is 18.3 Å². The van der Waals surface area contributed by atoms with Gasteiger partial charge in [-0.3, -0.25) is 9.89 Å². The number of anilines is 1. The number of fused-ring (bicyclic) bond motifs is 1. The molecule has 0 aliphatic heterocycles. The Bertz CT molecular complexity index is 1280. The van der Waals surface area contributed by atoms with E-state index in [1.807, 2.05) is 0 Å². The van der Waals surface area contributed by atoms with E-state index in [0.29, 0.717) is 35.3 Å². The number of nitrogens with zero attached hydrogens (tertiary/aromatic N) is 4. The quantitative estimate of drug-likeness (QED) is 0.515. The summed E-state index contributed by atoms with van der Waals surface area (Å²) in [5, 5.41) is 22.8. The molecule has 11 heteroatoms. The molecule has 3 aromatic heterocycles. The normalized spacial score (nSPS) is 21.4. The third-order valence-corrected chi connectivity index (χ3v) is 6.50. The summed E-state index contributed by atoms with van der Waals surface area (Å²) in [4.78, 5) is 20.7. The van der Waals surface area contributed by atoms with Gasteiger partial charge in [-0.2, -0.15) is 10.4 Å². The van der Waals surface area contributed by atoms with E-state index in [0.717, 1.165) is 25.3 Å². The topological polar surface area (TPSA) is 119 Å². The maximum atomic E-state index is 14.7. The van der Waals surface area contributed by atoms with Crippen molar-refractivity contribution in [1.82, 2.24) is 25.5 Å². The van der Waals surface area contributed by atoms with Crippen molar-refractivity contribution in [1.29, 1.82) is 5.26 Å². The molecule has 170 valence electrons. The van der Waals surface area contributed by atoms with E-state index < -0.39 is 17.0 Å². The largest absolute Gasteiger partial charge is 0.365 e. The summed E-state index contributed by atoms with van der Waals surface area (Å²) in [5.74, 6) is -1.98. The number of hydrogen-bond donors (Lipinski definition) is 3. The minimum atomic E-state index is -0.884. The Morgan fingerprint density at radius 1 is 1.24 bits per heavy atom. The summed E-state index contributed by atoms with van der Waals surface area (Å²) in [6, 6.07) is 4.17. The number of rotatable bonds is 5. The molecule has 2 aliphatic carbocycles. The fraction of sp³-hybridized carbons (Fsp3) is 0.409. The van der Waals surface area contributed by atoms with Gasteiger partial charge in [0, 0.05) is 29.7 Å². The van der Waals surface area contributed by atoms with Crippen molar-refractivity contribution in [2.24, 2.45) is 5.41 Å². The van der Waals surface area contributed by atoms with E-state index in [-0.39, 0.29) is 35.2 Å². The molecule has 0 unspecified atom stereocenters.